The third kappa shape index (κ3) is 3.44. The van der Waals surface area contributed by atoms with Gasteiger partial charge in [-0.25, -0.2) is 4.39 Å². The number of aryl methyl sites for hydroxylation is 1. The first-order valence-electron chi connectivity index (χ1n) is 5.90. The molecule has 1 aromatic heterocycles. The van der Waals surface area contributed by atoms with Gasteiger partial charge in [0, 0.05) is 19.3 Å². The van der Waals surface area contributed by atoms with Gasteiger partial charge in [0.15, 0.2) is 18.2 Å². The van der Waals surface area contributed by atoms with E-state index in [4.69, 9.17) is 4.74 Å². The number of benzene rings is 1. The van der Waals surface area contributed by atoms with Crippen LogP contribution in [0.2, 0.25) is 0 Å². The number of aromatic nitrogens is 1. The van der Waals surface area contributed by atoms with E-state index < -0.39 is 11.7 Å². The van der Waals surface area contributed by atoms with Crippen molar-refractivity contribution in [3.05, 3.63) is 58.8 Å². The van der Waals surface area contributed by atoms with Crippen LogP contribution in [0.3, 0.4) is 0 Å². The number of carbonyl (C=O) groups excluding carboxylic acids is 1. The fourth-order valence-electron chi connectivity index (χ4n) is 1.57. The molecule has 1 N–H and O–H groups in total. The van der Waals surface area contributed by atoms with E-state index in [0.717, 1.165) is 0 Å². The first kappa shape index (κ1) is 13.8. The number of anilines is 1. The second-order valence-electron chi connectivity index (χ2n) is 4.13. The van der Waals surface area contributed by atoms with E-state index in [0.29, 0.717) is 5.69 Å². The van der Waals surface area contributed by atoms with E-state index in [1.165, 1.54) is 41.1 Å². The molecule has 2 rings (SSSR count). The van der Waals surface area contributed by atoms with Gasteiger partial charge >= 0.3 is 0 Å². The third-order valence-electron chi connectivity index (χ3n) is 2.57. The first-order chi connectivity index (χ1) is 9.56. The lowest BCUT2D eigenvalue weighted by molar-refractivity contribution is -0.118. The highest BCUT2D eigenvalue weighted by molar-refractivity contribution is 5.91. The van der Waals surface area contributed by atoms with Crippen LogP contribution < -0.4 is 15.6 Å². The number of nitrogens with one attached hydrogen (secondary N) is 1. The van der Waals surface area contributed by atoms with Crippen LogP contribution in [0, 0.1) is 5.82 Å². The van der Waals surface area contributed by atoms with Gasteiger partial charge in [-0.3, -0.25) is 9.59 Å². The molecule has 0 unspecified atom stereocenters. The van der Waals surface area contributed by atoms with E-state index in [9.17, 15) is 14.0 Å². The van der Waals surface area contributed by atoms with E-state index >= 15 is 0 Å². The van der Waals surface area contributed by atoms with E-state index in [1.807, 2.05) is 0 Å². The zero-order chi connectivity index (χ0) is 14.5. The lowest BCUT2D eigenvalue weighted by Gasteiger charge is -2.08. The Morgan fingerprint density at radius 3 is 2.75 bits per heavy atom. The molecular formula is C14H13FN2O3. The number of ether oxygens (including phenoxy) is 1. The first-order valence-corrected chi connectivity index (χ1v) is 5.90. The Labute approximate surface area is 114 Å². The lowest BCUT2D eigenvalue weighted by atomic mass is 10.3. The molecule has 0 spiro atoms. The summed E-state index contributed by atoms with van der Waals surface area (Å²) in [5.74, 6) is -0.947. The molecule has 0 radical (unpaired) electrons. The molecule has 20 heavy (non-hydrogen) atoms. The van der Waals surface area contributed by atoms with Gasteiger partial charge in [-0.05, 0) is 18.2 Å². The smallest absolute Gasteiger partial charge is 0.262 e. The molecule has 0 saturated carbocycles. The van der Waals surface area contributed by atoms with E-state index in [-0.39, 0.29) is 17.9 Å². The van der Waals surface area contributed by atoms with Crippen molar-refractivity contribution in [2.75, 3.05) is 11.9 Å². The van der Waals surface area contributed by atoms with Gasteiger partial charge in [0.1, 0.15) is 0 Å². The Bertz CT molecular complexity index is 682. The number of nitrogens with zero attached hydrogens (tertiary/aromatic N) is 1. The summed E-state index contributed by atoms with van der Waals surface area (Å²) in [6.07, 6.45) is 1.49. The van der Waals surface area contributed by atoms with Crippen molar-refractivity contribution in [2.24, 2.45) is 7.05 Å². The Morgan fingerprint density at radius 1 is 1.30 bits per heavy atom. The highest BCUT2D eigenvalue weighted by atomic mass is 19.1. The van der Waals surface area contributed by atoms with E-state index in [1.54, 1.807) is 13.1 Å². The fourth-order valence-corrected chi connectivity index (χ4v) is 1.57. The topological polar surface area (TPSA) is 60.3 Å². The predicted octanol–water partition coefficient (Wildman–Crippen LogP) is 1.54. The van der Waals surface area contributed by atoms with Crippen molar-refractivity contribution in [1.82, 2.24) is 4.57 Å². The van der Waals surface area contributed by atoms with Gasteiger partial charge in [0.2, 0.25) is 5.56 Å². The molecule has 0 fully saturated rings. The van der Waals surface area contributed by atoms with Gasteiger partial charge < -0.3 is 14.6 Å². The molecule has 0 aliphatic rings. The second kappa shape index (κ2) is 6.01. The van der Waals surface area contributed by atoms with Gasteiger partial charge in [-0.1, -0.05) is 12.1 Å². The number of amides is 1. The van der Waals surface area contributed by atoms with Crippen LogP contribution in [0.15, 0.2) is 47.4 Å². The van der Waals surface area contributed by atoms with Crippen molar-refractivity contribution in [3.63, 3.8) is 0 Å². The molecule has 1 aromatic carbocycles. The largest absolute Gasteiger partial charge is 0.481 e. The summed E-state index contributed by atoms with van der Waals surface area (Å²) in [5.41, 5.74) is 0.292. The number of rotatable bonds is 4. The number of hydrogen-bond acceptors (Lipinski definition) is 3. The van der Waals surface area contributed by atoms with Crippen LogP contribution in [0.1, 0.15) is 0 Å². The van der Waals surface area contributed by atoms with Crippen molar-refractivity contribution in [2.45, 2.75) is 0 Å². The van der Waals surface area contributed by atoms with Crippen molar-refractivity contribution in [1.29, 1.82) is 0 Å². The Balaban J connectivity index is 1.94. The summed E-state index contributed by atoms with van der Waals surface area (Å²) in [7, 11) is 1.58. The normalized spacial score (nSPS) is 10.1. The summed E-state index contributed by atoms with van der Waals surface area (Å²) in [6.45, 7) is -0.316. The third-order valence-corrected chi connectivity index (χ3v) is 2.57. The molecule has 0 aliphatic carbocycles. The average Bonchev–Trinajstić information content (AvgIpc) is 2.42. The highest BCUT2D eigenvalue weighted by Crippen LogP contribution is 2.15. The minimum absolute atomic E-state index is 0.0168. The molecule has 104 valence electrons. The predicted molar refractivity (Wildman–Crippen MR) is 72.2 cm³/mol. The molecule has 0 aliphatic heterocycles. The standard InChI is InChI=1S/C14H13FN2O3/c1-17-8-10(6-7-14(17)19)16-13(18)9-20-12-5-3-2-4-11(12)15/h2-8H,9H2,1H3,(H,16,18). The summed E-state index contributed by atoms with van der Waals surface area (Å²) in [5, 5.41) is 2.55. The zero-order valence-corrected chi connectivity index (χ0v) is 10.8. The van der Waals surface area contributed by atoms with Gasteiger partial charge in [-0.15, -0.1) is 0 Å². The zero-order valence-electron chi connectivity index (χ0n) is 10.8. The minimum Gasteiger partial charge on any atom is -0.481 e. The molecule has 1 amide bonds. The summed E-state index contributed by atoms with van der Waals surface area (Å²) >= 11 is 0. The molecule has 0 bridgehead atoms. The number of para-hydroxylation sites is 1. The van der Waals surface area contributed by atoms with Crippen molar-refractivity contribution >= 4 is 11.6 Å². The van der Waals surface area contributed by atoms with Crippen molar-refractivity contribution < 1.29 is 13.9 Å². The second-order valence-corrected chi connectivity index (χ2v) is 4.13. The minimum atomic E-state index is -0.526. The molecular weight excluding hydrogens is 263 g/mol. The van der Waals surface area contributed by atoms with Crippen LogP contribution in [-0.4, -0.2) is 17.1 Å². The number of pyridine rings is 1. The lowest BCUT2D eigenvalue weighted by Crippen LogP contribution is -2.22. The van der Waals surface area contributed by atoms with Gasteiger partial charge in [0.25, 0.3) is 5.91 Å². The monoisotopic (exact) mass is 276 g/mol. The number of halogens is 1. The van der Waals surface area contributed by atoms with Crippen LogP contribution in [0.25, 0.3) is 0 Å². The Morgan fingerprint density at radius 2 is 2.05 bits per heavy atom. The Hall–Kier alpha value is -2.63. The SMILES string of the molecule is Cn1cc(NC(=O)COc2ccccc2F)ccc1=O. The van der Waals surface area contributed by atoms with Gasteiger partial charge in [-0.2, -0.15) is 0 Å². The fraction of sp³-hybridized carbons (Fsp3) is 0.143. The Kier molecular flexibility index (Phi) is 4.14. The van der Waals surface area contributed by atoms with E-state index in [2.05, 4.69) is 5.32 Å². The number of hydrogen-bond donors (Lipinski definition) is 1. The molecule has 0 saturated heterocycles. The maximum Gasteiger partial charge on any atom is 0.262 e. The van der Waals surface area contributed by atoms with Crippen LogP contribution in [-0.2, 0) is 11.8 Å². The summed E-state index contributed by atoms with van der Waals surface area (Å²) < 4.78 is 19.7. The van der Waals surface area contributed by atoms with Crippen molar-refractivity contribution in [3.8, 4) is 5.75 Å². The highest BCUT2D eigenvalue weighted by Gasteiger charge is 2.07. The van der Waals surface area contributed by atoms with Crippen LogP contribution in [0.5, 0.6) is 5.75 Å². The maximum absolute atomic E-state index is 13.3. The van der Waals surface area contributed by atoms with Gasteiger partial charge in [0.05, 0.1) is 5.69 Å². The quantitative estimate of drug-likeness (QED) is 0.921. The summed E-state index contributed by atoms with van der Waals surface area (Å²) in [4.78, 5) is 22.8. The molecule has 1 heterocycles. The molecule has 5 nitrogen and oxygen atoms in total. The molecule has 2 aromatic rings. The average molecular weight is 276 g/mol. The van der Waals surface area contributed by atoms with Crippen LogP contribution >= 0.6 is 0 Å². The molecule has 0 atom stereocenters. The number of carbonyl (C=O) groups is 1. The maximum atomic E-state index is 13.3. The molecule has 6 heteroatoms. The van der Waals surface area contributed by atoms with Crippen LogP contribution in [0.4, 0.5) is 10.1 Å². The summed E-state index contributed by atoms with van der Waals surface area (Å²) in [6, 6.07) is 8.67.